The summed E-state index contributed by atoms with van der Waals surface area (Å²) in [7, 11) is 1.53. The fourth-order valence-electron chi connectivity index (χ4n) is 2.10. The normalized spacial score (nSPS) is 17.9. The number of terminal acetylenes is 1. The summed E-state index contributed by atoms with van der Waals surface area (Å²) in [5.74, 6) is 0.0734. The number of carboxylic acids is 1. The van der Waals surface area contributed by atoms with E-state index in [0.29, 0.717) is 13.2 Å². The fraction of sp³-hybridized carbons (Fsp3) is 0.615. The minimum atomic E-state index is -1.13. The molecule has 7 nitrogen and oxygen atoms in total. The zero-order chi connectivity index (χ0) is 15.1. The molecule has 0 saturated carbocycles. The molecular formula is C13H18N2O5. The summed E-state index contributed by atoms with van der Waals surface area (Å²) in [6, 6.07) is 0. The van der Waals surface area contributed by atoms with E-state index in [0.717, 1.165) is 4.90 Å². The van der Waals surface area contributed by atoms with Crippen molar-refractivity contribution in [3.8, 4) is 12.3 Å². The molecule has 0 spiro atoms. The van der Waals surface area contributed by atoms with Gasteiger partial charge in [0.05, 0.1) is 19.1 Å². The van der Waals surface area contributed by atoms with Crippen LogP contribution in [0.4, 0.5) is 0 Å². The molecule has 1 unspecified atom stereocenters. The van der Waals surface area contributed by atoms with E-state index in [1.807, 2.05) is 0 Å². The Morgan fingerprint density at radius 1 is 1.60 bits per heavy atom. The number of carbonyl (C=O) groups is 3. The summed E-state index contributed by atoms with van der Waals surface area (Å²) < 4.78 is 4.89. The van der Waals surface area contributed by atoms with E-state index in [1.54, 1.807) is 4.90 Å². The lowest BCUT2D eigenvalue weighted by molar-refractivity contribution is -0.145. The lowest BCUT2D eigenvalue weighted by Crippen LogP contribution is -2.41. The van der Waals surface area contributed by atoms with Crippen LogP contribution in [0.3, 0.4) is 0 Å². The number of rotatable bonds is 7. The van der Waals surface area contributed by atoms with Gasteiger partial charge in [0, 0.05) is 26.6 Å². The predicted octanol–water partition coefficient (Wildman–Crippen LogP) is -0.972. The number of ether oxygens (including phenoxy) is 1. The summed E-state index contributed by atoms with van der Waals surface area (Å²) in [6.45, 7) is 0.574. The monoisotopic (exact) mass is 282 g/mol. The van der Waals surface area contributed by atoms with Gasteiger partial charge in [0.25, 0.3) is 0 Å². The largest absolute Gasteiger partial charge is 0.480 e. The van der Waals surface area contributed by atoms with Gasteiger partial charge in [0.15, 0.2) is 0 Å². The van der Waals surface area contributed by atoms with Gasteiger partial charge in [-0.3, -0.25) is 14.4 Å². The van der Waals surface area contributed by atoms with Crippen LogP contribution in [-0.2, 0) is 19.1 Å². The summed E-state index contributed by atoms with van der Waals surface area (Å²) in [6.07, 6.45) is 5.22. The van der Waals surface area contributed by atoms with Crippen molar-refractivity contribution in [3.63, 3.8) is 0 Å². The lowest BCUT2D eigenvalue weighted by Gasteiger charge is -2.22. The first-order chi connectivity index (χ1) is 9.49. The number of amides is 2. The molecule has 1 atom stereocenters. The van der Waals surface area contributed by atoms with Crippen molar-refractivity contribution >= 4 is 17.8 Å². The van der Waals surface area contributed by atoms with Gasteiger partial charge in [0.1, 0.15) is 6.54 Å². The van der Waals surface area contributed by atoms with Gasteiger partial charge in [-0.05, 0) is 0 Å². The van der Waals surface area contributed by atoms with Crippen LogP contribution in [0.15, 0.2) is 0 Å². The third-order valence-corrected chi connectivity index (χ3v) is 3.05. The Balaban J connectivity index is 2.64. The Bertz CT molecular complexity index is 429. The first kappa shape index (κ1) is 16.0. The maximum absolute atomic E-state index is 12.2. The zero-order valence-corrected chi connectivity index (χ0v) is 11.4. The standard InChI is InChI=1S/C13H18N2O5/c1-3-4-15(9-12(17)18)13(19)10-7-11(16)14(8-10)5-6-20-2/h1,10H,4-9H2,2H3,(H,17,18). The van der Waals surface area contributed by atoms with E-state index in [-0.39, 0.29) is 25.4 Å². The van der Waals surface area contributed by atoms with Gasteiger partial charge in [-0.15, -0.1) is 6.42 Å². The van der Waals surface area contributed by atoms with Gasteiger partial charge in [-0.1, -0.05) is 5.92 Å². The fourth-order valence-corrected chi connectivity index (χ4v) is 2.10. The van der Waals surface area contributed by atoms with E-state index < -0.39 is 24.3 Å². The maximum Gasteiger partial charge on any atom is 0.323 e. The van der Waals surface area contributed by atoms with Crippen molar-refractivity contribution in [3.05, 3.63) is 0 Å². The first-order valence-electron chi connectivity index (χ1n) is 6.20. The number of carboxylic acid groups (broad SMARTS) is 1. The number of hydrogen-bond acceptors (Lipinski definition) is 4. The van der Waals surface area contributed by atoms with Crippen LogP contribution in [0.5, 0.6) is 0 Å². The van der Waals surface area contributed by atoms with Crippen molar-refractivity contribution < 1.29 is 24.2 Å². The van der Waals surface area contributed by atoms with Crippen LogP contribution in [0, 0.1) is 18.3 Å². The van der Waals surface area contributed by atoms with E-state index in [1.165, 1.54) is 7.11 Å². The second-order valence-electron chi connectivity index (χ2n) is 4.53. The lowest BCUT2D eigenvalue weighted by atomic mass is 10.1. The zero-order valence-electron chi connectivity index (χ0n) is 11.4. The highest BCUT2D eigenvalue weighted by Crippen LogP contribution is 2.19. The summed E-state index contributed by atoms with van der Waals surface area (Å²) in [5, 5.41) is 8.77. The van der Waals surface area contributed by atoms with Crippen LogP contribution >= 0.6 is 0 Å². The van der Waals surface area contributed by atoms with Gasteiger partial charge in [0.2, 0.25) is 11.8 Å². The minimum Gasteiger partial charge on any atom is -0.480 e. The molecule has 1 heterocycles. The van der Waals surface area contributed by atoms with Crippen molar-refractivity contribution in [2.24, 2.45) is 5.92 Å². The first-order valence-corrected chi connectivity index (χ1v) is 6.20. The van der Waals surface area contributed by atoms with Crippen LogP contribution in [0.1, 0.15) is 6.42 Å². The highest BCUT2D eigenvalue weighted by Gasteiger charge is 2.36. The molecule has 2 amide bonds. The molecule has 1 rings (SSSR count). The Hall–Kier alpha value is -2.07. The summed E-state index contributed by atoms with van der Waals surface area (Å²) in [4.78, 5) is 37.3. The van der Waals surface area contributed by atoms with Crippen LogP contribution < -0.4 is 0 Å². The molecule has 1 saturated heterocycles. The molecule has 1 aliphatic rings. The van der Waals surface area contributed by atoms with E-state index >= 15 is 0 Å². The Morgan fingerprint density at radius 3 is 2.85 bits per heavy atom. The predicted molar refractivity (Wildman–Crippen MR) is 69.6 cm³/mol. The number of methoxy groups -OCH3 is 1. The molecule has 1 fully saturated rings. The number of carbonyl (C=O) groups excluding carboxylic acids is 2. The molecule has 0 bridgehead atoms. The van der Waals surface area contributed by atoms with Crippen LogP contribution in [0.2, 0.25) is 0 Å². The van der Waals surface area contributed by atoms with E-state index in [9.17, 15) is 14.4 Å². The molecule has 0 aliphatic carbocycles. The van der Waals surface area contributed by atoms with Gasteiger partial charge in [-0.2, -0.15) is 0 Å². The third-order valence-electron chi connectivity index (χ3n) is 3.05. The van der Waals surface area contributed by atoms with Crippen molar-refractivity contribution in [2.75, 3.05) is 39.9 Å². The number of nitrogens with zero attached hydrogens (tertiary/aromatic N) is 2. The SMILES string of the molecule is C#CCN(CC(=O)O)C(=O)C1CC(=O)N(CCOC)C1. The molecule has 20 heavy (non-hydrogen) atoms. The molecule has 0 aromatic rings. The Labute approximate surface area is 117 Å². The number of likely N-dealkylation sites (tertiary alicyclic amines) is 1. The molecule has 0 aromatic heterocycles. The molecular weight excluding hydrogens is 264 g/mol. The van der Waals surface area contributed by atoms with Crippen molar-refractivity contribution in [1.82, 2.24) is 9.80 Å². The third kappa shape index (κ3) is 4.24. The second kappa shape index (κ2) is 7.50. The van der Waals surface area contributed by atoms with E-state index in [2.05, 4.69) is 5.92 Å². The minimum absolute atomic E-state index is 0.0755. The molecule has 110 valence electrons. The molecule has 0 radical (unpaired) electrons. The second-order valence-corrected chi connectivity index (χ2v) is 4.53. The Morgan fingerprint density at radius 2 is 2.30 bits per heavy atom. The summed E-state index contributed by atoms with van der Waals surface area (Å²) >= 11 is 0. The van der Waals surface area contributed by atoms with E-state index in [4.69, 9.17) is 16.3 Å². The maximum atomic E-state index is 12.2. The van der Waals surface area contributed by atoms with Crippen molar-refractivity contribution in [1.29, 1.82) is 0 Å². The van der Waals surface area contributed by atoms with Crippen LogP contribution in [-0.4, -0.2) is 72.6 Å². The highest BCUT2D eigenvalue weighted by atomic mass is 16.5. The smallest absolute Gasteiger partial charge is 0.323 e. The summed E-state index contributed by atoms with van der Waals surface area (Å²) in [5.41, 5.74) is 0. The van der Waals surface area contributed by atoms with Crippen LogP contribution in [0.25, 0.3) is 0 Å². The van der Waals surface area contributed by atoms with Gasteiger partial charge in [-0.25, -0.2) is 0 Å². The molecule has 1 aliphatic heterocycles. The molecule has 1 N–H and O–H groups in total. The number of aliphatic carboxylic acids is 1. The topological polar surface area (TPSA) is 87.2 Å². The average Bonchev–Trinajstić information content (AvgIpc) is 2.76. The Kier molecular flexibility index (Phi) is 6.00. The number of hydrogen-bond donors (Lipinski definition) is 1. The van der Waals surface area contributed by atoms with Gasteiger partial charge < -0.3 is 19.6 Å². The van der Waals surface area contributed by atoms with Crippen molar-refractivity contribution in [2.45, 2.75) is 6.42 Å². The highest BCUT2D eigenvalue weighted by molar-refractivity contribution is 5.90. The molecule has 0 aromatic carbocycles. The molecule has 7 heteroatoms. The average molecular weight is 282 g/mol. The quantitative estimate of drug-likeness (QED) is 0.607. The van der Waals surface area contributed by atoms with Gasteiger partial charge >= 0.3 is 5.97 Å².